The monoisotopic (exact) mass is 368 g/mol. The minimum atomic E-state index is -0.214. The van der Waals surface area contributed by atoms with E-state index in [0.717, 1.165) is 13.0 Å². The van der Waals surface area contributed by atoms with Gasteiger partial charge in [0.2, 0.25) is 0 Å². The van der Waals surface area contributed by atoms with Crippen LogP contribution < -0.4 is 4.74 Å². The predicted octanol–water partition coefficient (Wildman–Crippen LogP) is 1.95. The Labute approximate surface area is 158 Å². The van der Waals surface area contributed by atoms with E-state index in [2.05, 4.69) is 5.10 Å². The van der Waals surface area contributed by atoms with E-state index in [1.165, 1.54) is 0 Å². The first-order valence-corrected chi connectivity index (χ1v) is 9.25. The number of aromatic nitrogens is 2. The second-order valence-electron chi connectivity index (χ2n) is 7.69. The van der Waals surface area contributed by atoms with E-state index >= 15 is 0 Å². The molecule has 142 valence electrons. The van der Waals surface area contributed by atoms with Gasteiger partial charge in [-0.15, -0.1) is 0 Å². The molecule has 1 aromatic heterocycles. The number of carbonyl (C=O) groups is 2. The van der Waals surface area contributed by atoms with Crippen LogP contribution in [0.5, 0.6) is 5.75 Å². The molecule has 0 radical (unpaired) electrons. The van der Waals surface area contributed by atoms with Crippen molar-refractivity contribution in [1.82, 2.24) is 19.6 Å². The normalized spacial score (nSPS) is 17.6. The van der Waals surface area contributed by atoms with Gasteiger partial charge in [-0.1, -0.05) is 6.07 Å². The van der Waals surface area contributed by atoms with Crippen molar-refractivity contribution in [2.75, 3.05) is 19.6 Å². The Balaban J connectivity index is 1.41. The van der Waals surface area contributed by atoms with Gasteiger partial charge in [0.15, 0.2) is 0 Å². The van der Waals surface area contributed by atoms with Crippen LogP contribution in [0.2, 0.25) is 0 Å². The van der Waals surface area contributed by atoms with E-state index in [9.17, 15) is 9.59 Å². The Morgan fingerprint density at radius 2 is 1.96 bits per heavy atom. The van der Waals surface area contributed by atoms with Crippen LogP contribution >= 0.6 is 0 Å². The lowest BCUT2D eigenvalue weighted by Crippen LogP contribution is -2.78. The summed E-state index contributed by atoms with van der Waals surface area (Å²) in [5.41, 5.74) is 1.00. The maximum atomic E-state index is 12.8. The Bertz CT molecular complexity index is 883. The van der Waals surface area contributed by atoms with Crippen LogP contribution in [0.3, 0.4) is 0 Å². The van der Waals surface area contributed by atoms with Crippen molar-refractivity contribution in [2.24, 2.45) is 7.05 Å². The van der Waals surface area contributed by atoms with Crippen LogP contribution in [0.15, 0.2) is 36.7 Å². The second-order valence-corrected chi connectivity index (χ2v) is 7.69. The van der Waals surface area contributed by atoms with Gasteiger partial charge in [0.1, 0.15) is 5.75 Å². The summed E-state index contributed by atoms with van der Waals surface area (Å²) in [5, 5.41) is 4.07. The first kappa shape index (κ1) is 17.6. The van der Waals surface area contributed by atoms with E-state index in [-0.39, 0.29) is 23.5 Å². The molecule has 27 heavy (non-hydrogen) atoms. The number of ether oxygens (including phenoxy) is 1. The number of benzene rings is 1. The molecule has 7 nitrogen and oxygen atoms in total. The van der Waals surface area contributed by atoms with Crippen LogP contribution in [0.4, 0.5) is 0 Å². The fourth-order valence-corrected chi connectivity index (χ4v) is 3.84. The molecule has 1 aromatic carbocycles. The number of likely N-dealkylation sites (tertiary alicyclic amines) is 2. The zero-order chi connectivity index (χ0) is 19.2. The highest BCUT2D eigenvalue weighted by atomic mass is 16.5. The van der Waals surface area contributed by atoms with Gasteiger partial charge in [-0.2, -0.15) is 5.10 Å². The first-order chi connectivity index (χ1) is 12.9. The molecule has 0 saturated carbocycles. The number of hydrogen-bond acceptors (Lipinski definition) is 4. The topological polar surface area (TPSA) is 67.7 Å². The predicted molar refractivity (Wildman–Crippen MR) is 99.7 cm³/mol. The molecule has 0 bridgehead atoms. The molecule has 0 atom stereocenters. The molecule has 2 aliphatic rings. The lowest BCUT2D eigenvalue weighted by molar-refractivity contribution is -0.0848. The third kappa shape index (κ3) is 3.07. The van der Waals surface area contributed by atoms with Gasteiger partial charge >= 0.3 is 0 Å². The highest BCUT2D eigenvalue weighted by molar-refractivity contribution is 5.97. The molecule has 2 fully saturated rings. The number of rotatable bonds is 4. The summed E-state index contributed by atoms with van der Waals surface area (Å²) in [6.45, 7) is 5.80. The Morgan fingerprint density at radius 3 is 2.56 bits per heavy atom. The maximum Gasteiger partial charge on any atom is 0.257 e. The number of aryl methyl sites for hydroxylation is 1. The molecule has 0 N–H and O–H groups in total. The van der Waals surface area contributed by atoms with Crippen LogP contribution in [-0.2, 0) is 7.05 Å². The molecule has 3 heterocycles. The lowest BCUT2D eigenvalue weighted by atomic mass is 9.76. The molecule has 4 rings (SSSR count). The molecule has 2 saturated heterocycles. The highest BCUT2D eigenvalue weighted by Gasteiger charge is 2.56. The zero-order valence-electron chi connectivity index (χ0n) is 15.9. The van der Waals surface area contributed by atoms with Crippen molar-refractivity contribution in [3.63, 3.8) is 0 Å². The Hall–Kier alpha value is -2.83. The highest BCUT2D eigenvalue weighted by Crippen LogP contribution is 2.40. The van der Waals surface area contributed by atoms with Crippen LogP contribution in [0.25, 0.3) is 0 Å². The summed E-state index contributed by atoms with van der Waals surface area (Å²) in [7, 11) is 1.80. The summed E-state index contributed by atoms with van der Waals surface area (Å²) < 4.78 is 7.31. The van der Waals surface area contributed by atoms with Gasteiger partial charge in [0.25, 0.3) is 11.8 Å². The summed E-state index contributed by atoms with van der Waals surface area (Å²) >= 11 is 0. The molecule has 7 heteroatoms. The van der Waals surface area contributed by atoms with Gasteiger partial charge in [0, 0.05) is 38.4 Å². The number of carbonyl (C=O) groups excluding carboxylic acids is 2. The number of hydrogen-bond donors (Lipinski definition) is 0. The van der Waals surface area contributed by atoms with Crippen molar-refractivity contribution in [2.45, 2.75) is 31.9 Å². The van der Waals surface area contributed by atoms with Gasteiger partial charge in [-0.25, -0.2) is 0 Å². The SMILES string of the molecule is CC(C)Oc1cccc(C(=O)N2CC3(CCN3C(=O)c3cnn(C)c3)C2)c1. The second kappa shape index (κ2) is 6.40. The molecule has 2 amide bonds. The van der Waals surface area contributed by atoms with Gasteiger partial charge in [0.05, 0.1) is 23.4 Å². The van der Waals surface area contributed by atoms with Crippen LogP contribution in [0, 0.1) is 0 Å². The van der Waals surface area contributed by atoms with E-state index < -0.39 is 0 Å². The van der Waals surface area contributed by atoms with Gasteiger partial charge in [-0.3, -0.25) is 14.3 Å². The molecule has 1 spiro atoms. The summed E-state index contributed by atoms with van der Waals surface area (Å²) in [5.74, 6) is 0.674. The van der Waals surface area contributed by atoms with Crippen molar-refractivity contribution in [3.05, 3.63) is 47.8 Å². The quantitative estimate of drug-likeness (QED) is 0.827. The van der Waals surface area contributed by atoms with E-state index in [1.54, 1.807) is 41.2 Å². The molecule has 0 unspecified atom stereocenters. The third-order valence-corrected chi connectivity index (χ3v) is 5.28. The van der Waals surface area contributed by atoms with E-state index in [4.69, 9.17) is 4.74 Å². The smallest absolute Gasteiger partial charge is 0.257 e. The summed E-state index contributed by atoms with van der Waals surface area (Å²) in [6.07, 6.45) is 4.32. The van der Waals surface area contributed by atoms with Crippen LogP contribution in [-0.4, -0.2) is 62.7 Å². The van der Waals surface area contributed by atoms with E-state index in [1.807, 2.05) is 30.9 Å². The minimum Gasteiger partial charge on any atom is -0.491 e. The first-order valence-electron chi connectivity index (χ1n) is 9.25. The standard InChI is InChI=1S/C20H24N4O3/c1-14(2)27-17-6-4-5-15(9-17)18(25)23-12-20(13-23)7-8-24(20)19(26)16-10-21-22(3)11-16/h4-6,9-11,14H,7-8,12-13H2,1-3H3. The largest absolute Gasteiger partial charge is 0.491 e. The average molecular weight is 368 g/mol. The maximum absolute atomic E-state index is 12.8. The lowest BCUT2D eigenvalue weighted by Gasteiger charge is -2.62. The fraction of sp³-hybridized carbons (Fsp3) is 0.450. The Kier molecular flexibility index (Phi) is 4.17. The molecule has 0 aliphatic carbocycles. The Morgan fingerprint density at radius 1 is 1.19 bits per heavy atom. The van der Waals surface area contributed by atoms with Crippen molar-refractivity contribution < 1.29 is 14.3 Å². The van der Waals surface area contributed by atoms with Crippen molar-refractivity contribution in [1.29, 1.82) is 0 Å². The zero-order valence-corrected chi connectivity index (χ0v) is 15.9. The summed E-state index contributed by atoms with van der Waals surface area (Å²) in [4.78, 5) is 29.2. The average Bonchev–Trinajstić information content (AvgIpc) is 2.99. The summed E-state index contributed by atoms with van der Waals surface area (Å²) in [6, 6.07) is 7.28. The molecule has 2 aromatic rings. The van der Waals surface area contributed by atoms with Crippen LogP contribution in [0.1, 0.15) is 41.0 Å². The third-order valence-electron chi connectivity index (χ3n) is 5.28. The van der Waals surface area contributed by atoms with Gasteiger partial charge in [-0.05, 0) is 38.5 Å². The van der Waals surface area contributed by atoms with Crippen molar-refractivity contribution in [3.8, 4) is 5.75 Å². The van der Waals surface area contributed by atoms with Gasteiger partial charge < -0.3 is 14.5 Å². The minimum absolute atomic E-state index is 0.00576. The molecule has 2 aliphatic heterocycles. The van der Waals surface area contributed by atoms with Crippen molar-refractivity contribution >= 4 is 11.8 Å². The van der Waals surface area contributed by atoms with E-state index in [0.29, 0.717) is 30.0 Å². The number of amides is 2. The fourth-order valence-electron chi connectivity index (χ4n) is 3.84. The molecular weight excluding hydrogens is 344 g/mol. The number of nitrogens with zero attached hydrogens (tertiary/aromatic N) is 4. The molecular formula is C20H24N4O3.